The van der Waals surface area contributed by atoms with Crippen molar-refractivity contribution in [3.63, 3.8) is 0 Å². The normalized spacial score (nSPS) is 30.3. The fourth-order valence-corrected chi connectivity index (χ4v) is 3.08. The number of hydrogen-bond donors (Lipinski definition) is 2. The van der Waals surface area contributed by atoms with Crippen LogP contribution in [0.4, 0.5) is 5.13 Å². The van der Waals surface area contributed by atoms with Crippen LogP contribution in [-0.2, 0) is 0 Å². The van der Waals surface area contributed by atoms with Crippen LogP contribution in [0.2, 0.25) is 0 Å². The molecule has 0 radical (unpaired) electrons. The number of anilines is 1. The van der Waals surface area contributed by atoms with Crippen LogP contribution in [0.25, 0.3) is 0 Å². The maximum atomic E-state index is 9.61. The molecule has 90 valence electrons. The molecule has 1 fully saturated rings. The Hall–Kier alpha value is -0.610. The van der Waals surface area contributed by atoms with E-state index in [-0.39, 0.29) is 12.1 Å². The largest absolute Gasteiger partial charge is 0.394 e. The highest BCUT2D eigenvalue weighted by Crippen LogP contribution is 2.34. The van der Waals surface area contributed by atoms with Crippen LogP contribution in [0.1, 0.15) is 38.3 Å². The number of nitrogens with one attached hydrogen (secondary N) is 1. The molecular formula is C12H20N2OS. The molecule has 1 heterocycles. The number of aliphatic hydroxyl groups excluding tert-OH is 1. The Labute approximate surface area is 101 Å². The quantitative estimate of drug-likeness (QED) is 0.854. The van der Waals surface area contributed by atoms with E-state index in [1.54, 1.807) is 11.3 Å². The van der Waals surface area contributed by atoms with Gasteiger partial charge in [-0.05, 0) is 38.5 Å². The van der Waals surface area contributed by atoms with Crippen molar-refractivity contribution >= 4 is 16.5 Å². The Morgan fingerprint density at radius 3 is 2.75 bits per heavy atom. The van der Waals surface area contributed by atoms with Crippen LogP contribution in [0.3, 0.4) is 0 Å². The summed E-state index contributed by atoms with van der Waals surface area (Å²) >= 11 is 1.62. The lowest BCUT2D eigenvalue weighted by molar-refractivity contribution is 0.155. The molecule has 0 spiro atoms. The summed E-state index contributed by atoms with van der Waals surface area (Å²) in [7, 11) is 0. The fraction of sp³-hybridized carbons (Fsp3) is 0.750. The molecule has 16 heavy (non-hydrogen) atoms. The summed E-state index contributed by atoms with van der Waals surface area (Å²) in [5, 5.41) is 16.0. The molecule has 0 atom stereocenters. The second-order valence-electron chi connectivity index (χ2n) is 5.04. The molecule has 1 aliphatic carbocycles. The lowest BCUT2D eigenvalue weighted by Crippen LogP contribution is -2.45. The standard InChI is InChI=1S/C12H20N2OS/c1-9-3-5-12(8-15,6-4-9)14-11-13-10(2)7-16-11/h7,9,15H,3-6,8H2,1-2H3,(H,13,14). The van der Waals surface area contributed by atoms with Gasteiger partial charge in [0.05, 0.1) is 17.8 Å². The van der Waals surface area contributed by atoms with Crippen molar-refractivity contribution in [1.29, 1.82) is 0 Å². The first kappa shape index (κ1) is 11.9. The van der Waals surface area contributed by atoms with Crippen molar-refractivity contribution in [2.24, 2.45) is 5.92 Å². The smallest absolute Gasteiger partial charge is 0.183 e. The number of nitrogens with zero attached hydrogens (tertiary/aromatic N) is 1. The summed E-state index contributed by atoms with van der Waals surface area (Å²) in [6.07, 6.45) is 4.47. The van der Waals surface area contributed by atoms with E-state index in [1.165, 1.54) is 12.8 Å². The third-order valence-electron chi connectivity index (χ3n) is 3.53. The average molecular weight is 240 g/mol. The topological polar surface area (TPSA) is 45.1 Å². The lowest BCUT2D eigenvalue weighted by Gasteiger charge is -2.38. The molecule has 0 amide bonds. The van der Waals surface area contributed by atoms with Crippen LogP contribution in [-0.4, -0.2) is 22.2 Å². The molecule has 1 aliphatic rings. The Balaban J connectivity index is 2.04. The molecule has 0 aromatic carbocycles. The summed E-state index contributed by atoms with van der Waals surface area (Å²) in [4.78, 5) is 4.41. The van der Waals surface area contributed by atoms with Crippen LogP contribution >= 0.6 is 11.3 Å². The summed E-state index contributed by atoms with van der Waals surface area (Å²) < 4.78 is 0. The van der Waals surface area contributed by atoms with Gasteiger partial charge in [-0.2, -0.15) is 0 Å². The Bertz CT molecular complexity index is 343. The Morgan fingerprint density at radius 2 is 2.25 bits per heavy atom. The molecule has 0 saturated heterocycles. The van der Waals surface area contributed by atoms with Gasteiger partial charge < -0.3 is 10.4 Å². The molecule has 2 rings (SSSR count). The molecule has 2 N–H and O–H groups in total. The Kier molecular flexibility index (Phi) is 3.50. The van der Waals surface area contributed by atoms with Gasteiger partial charge in [0, 0.05) is 5.38 Å². The number of hydrogen-bond acceptors (Lipinski definition) is 4. The number of aryl methyl sites for hydroxylation is 1. The fourth-order valence-electron chi connectivity index (χ4n) is 2.28. The van der Waals surface area contributed by atoms with E-state index in [0.29, 0.717) is 0 Å². The van der Waals surface area contributed by atoms with Gasteiger partial charge in [0.15, 0.2) is 5.13 Å². The van der Waals surface area contributed by atoms with E-state index in [9.17, 15) is 5.11 Å². The first-order valence-corrected chi connectivity index (χ1v) is 6.83. The van der Waals surface area contributed by atoms with E-state index in [2.05, 4.69) is 17.2 Å². The highest BCUT2D eigenvalue weighted by molar-refractivity contribution is 7.13. The van der Waals surface area contributed by atoms with Crippen molar-refractivity contribution < 1.29 is 5.11 Å². The van der Waals surface area contributed by atoms with Crippen molar-refractivity contribution in [2.75, 3.05) is 11.9 Å². The van der Waals surface area contributed by atoms with Crippen molar-refractivity contribution in [1.82, 2.24) is 4.98 Å². The van der Waals surface area contributed by atoms with Crippen molar-refractivity contribution in [2.45, 2.75) is 45.1 Å². The molecule has 0 bridgehead atoms. The number of aromatic nitrogens is 1. The van der Waals surface area contributed by atoms with Gasteiger partial charge in [-0.1, -0.05) is 6.92 Å². The molecule has 1 aromatic heterocycles. The predicted octanol–water partition coefficient (Wildman–Crippen LogP) is 2.80. The third-order valence-corrected chi connectivity index (χ3v) is 4.40. The minimum absolute atomic E-state index is 0.128. The average Bonchev–Trinajstić information content (AvgIpc) is 2.68. The highest BCUT2D eigenvalue weighted by Gasteiger charge is 2.34. The van der Waals surface area contributed by atoms with E-state index in [0.717, 1.165) is 29.6 Å². The van der Waals surface area contributed by atoms with Crippen LogP contribution in [0.15, 0.2) is 5.38 Å². The molecule has 1 aromatic rings. The Morgan fingerprint density at radius 1 is 1.56 bits per heavy atom. The van der Waals surface area contributed by atoms with Gasteiger partial charge in [0.1, 0.15) is 0 Å². The monoisotopic (exact) mass is 240 g/mol. The first-order valence-electron chi connectivity index (χ1n) is 5.95. The van der Waals surface area contributed by atoms with E-state index < -0.39 is 0 Å². The van der Waals surface area contributed by atoms with Crippen LogP contribution in [0, 0.1) is 12.8 Å². The second kappa shape index (κ2) is 4.72. The maximum Gasteiger partial charge on any atom is 0.183 e. The van der Waals surface area contributed by atoms with E-state index in [1.807, 2.05) is 12.3 Å². The molecular weight excluding hydrogens is 220 g/mol. The van der Waals surface area contributed by atoms with E-state index in [4.69, 9.17) is 0 Å². The van der Waals surface area contributed by atoms with Crippen molar-refractivity contribution in [3.05, 3.63) is 11.1 Å². The minimum Gasteiger partial charge on any atom is -0.394 e. The summed E-state index contributed by atoms with van der Waals surface area (Å²) in [6.45, 7) is 4.49. The SMILES string of the molecule is Cc1csc(NC2(CO)CCC(C)CC2)n1. The predicted molar refractivity (Wildman–Crippen MR) is 67.9 cm³/mol. The van der Waals surface area contributed by atoms with Crippen LogP contribution < -0.4 is 5.32 Å². The lowest BCUT2D eigenvalue weighted by atomic mass is 9.78. The summed E-state index contributed by atoms with van der Waals surface area (Å²) in [5.74, 6) is 0.791. The zero-order valence-corrected chi connectivity index (χ0v) is 10.8. The van der Waals surface area contributed by atoms with Crippen LogP contribution in [0.5, 0.6) is 0 Å². The highest BCUT2D eigenvalue weighted by atomic mass is 32.1. The number of rotatable bonds is 3. The molecule has 3 nitrogen and oxygen atoms in total. The van der Waals surface area contributed by atoms with Gasteiger partial charge in [-0.3, -0.25) is 0 Å². The number of aliphatic hydroxyl groups is 1. The third kappa shape index (κ3) is 2.55. The van der Waals surface area contributed by atoms with Gasteiger partial charge in [0.25, 0.3) is 0 Å². The zero-order valence-electron chi connectivity index (χ0n) is 9.99. The van der Waals surface area contributed by atoms with Crippen molar-refractivity contribution in [3.8, 4) is 0 Å². The molecule has 0 aliphatic heterocycles. The maximum absolute atomic E-state index is 9.61. The summed E-state index contributed by atoms with van der Waals surface area (Å²) in [5.41, 5.74) is 0.918. The molecule has 0 unspecified atom stereocenters. The van der Waals surface area contributed by atoms with Gasteiger partial charge in [-0.25, -0.2) is 4.98 Å². The van der Waals surface area contributed by atoms with E-state index >= 15 is 0 Å². The molecule has 1 saturated carbocycles. The molecule has 4 heteroatoms. The van der Waals surface area contributed by atoms with Gasteiger partial charge in [-0.15, -0.1) is 11.3 Å². The van der Waals surface area contributed by atoms with Gasteiger partial charge >= 0.3 is 0 Å². The minimum atomic E-state index is -0.128. The number of thiazole rings is 1. The zero-order chi connectivity index (χ0) is 11.6. The second-order valence-corrected chi connectivity index (χ2v) is 5.90. The summed E-state index contributed by atoms with van der Waals surface area (Å²) in [6, 6.07) is 0. The van der Waals surface area contributed by atoms with Gasteiger partial charge in [0.2, 0.25) is 0 Å². The first-order chi connectivity index (χ1) is 7.63.